The number of hydrogen-bond donors (Lipinski definition) is 3. The van der Waals surface area contributed by atoms with Gasteiger partial charge in [-0.15, -0.1) is 10.2 Å². The van der Waals surface area contributed by atoms with Gasteiger partial charge in [-0.05, 0) is 12.1 Å². The standard InChI is InChI=1S/C13H12ClFN4O2/c14-11-5-8(12(16)21)13(19-18-11)17-6-10(20)7-3-1-2-4-9(7)15/h1-5,10,20H,6H2,(H2,16,21)(H,17,19). The van der Waals surface area contributed by atoms with Gasteiger partial charge in [-0.25, -0.2) is 4.39 Å². The molecule has 2 rings (SSSR count). The van der Waals surface area contributed by atoms with Crippen LogP contribution < -0.4 is 11.1 Å². The molecular formula is C13H12ClFN4O2. The third kappa shape index (κ3) is 3.65. The van der Waals surface area contributed by atoms with Gasteiger partial charge < -0.3 is 16.2 Å². The highest BCUT2D eigenvalue weighted by molar-refractivity contribution is 6.29. The Morgan fingerprint density at radius 1 is 1.43 bits per heavy atom. The Morgan fingerprint density at radius 3 is 2.81 bits per heavy atom. The number of anilines is 1. The number of hydrogen-bond acceptors (Lipinski definition) is 5. The van der Waals surface area contributed by atoms with Gasteiger partial charge in [0.05, 0.1) is 11.7 Å². The van der Waals surface area contributed by atoms with E-state index in [4.69, 9.17) is 17.3 Å². The summed E-state index contributed by atoms with van der Waals surface area (Å²) in [5.41, 5.74) is 5.37. The molecule has 2 aromatic rings. The average Bonchev–Trinajstić information content (AvgIpc) is 2.46. The largest absolute Gasteiger partial charge is 0.386 e. The van der Waals surface area contributed by atoms with Gasteiger partial charge in [-0.1, -0.05) is 29.8 Å². The molecule has 4 N–H and O–H groups in total. The number of aliphatic hydroxyl groups excluding tert-OH is 1. The molecule has 1 amide bonds. The summed E-state index contributed by atoms with van der Waals surface area (Å²) in [4.78, 5) is 11.3. The van der Waals surface area contributed by atoms with Crippen molar-refractivity contribution in [1.82, 2.24) is 10.2 Å². The van der Waals surface area contributed by atoms with Crippen LogP contribution >= 0.6 is 11.6 Å². The Morgan fingerprint density at radius 2 is 2.14 bits per heavy atom. The first-order valence-corrected chi connectivity index (χ1v) is 6.36. The van der Waals surface area contributed by atoms with Crippen molar-refractivity contribution < 1.29 is 14.3 Å². The Balaban J connectivity index is 2.13. The van der Waals surface area contributed by atoms with E-state index in [1.54, 1.807) is 6.07 Å². The van der Waals surface area contributed by atoms with E-state index in [0.29, 0.717) is 0 Å². The van der Waals surface area contributed by atoms with E-state index in [9.17, 15) is 14.3 Å². The number of nitrogens with two attached hydrogens (primary N) is 1. The minimum absolute atomic E-state index is 0.0176. The van der Waals surface area contributed by atoms with Crippen LogP contribution in [0.3, 0.4) is 0 Å². The molecule has 1 unspecified atom stereocenters. The second-order valence-electron chi connectivity index (χ2n) is 4.21. The van der Waals surface area contributed by atoms with E-state index in [-0.39, 0.29) is 28.6 Å². The number of aliphatic hydroxyl groups is 1. The first-order valence-electron chi connectivity index (χ1n) is 5.98. The number of aromatic nitrogens is 2. The Labute approximate surface area is 124 Å². The monoisotopic (exact) mass is 310 g/mol. The number of rotatable bonds is 5. The molecule has 8 heteroatoms. The van der Waals surface area contributed by atoms with E-state index < -0.39 is 17.8 Å². The van der Waals surface area contributed by atoms with Crippen LogP contribution in [0.15, 0.2) is 30.3 Å². The van der Waals surface area contributed by atoms with E-state index in [1.165, 1.54) is 24.3 Å². The van der Waals surface area contributed by atoms with Crippen LogP contribution in [0, 0.1) is 5.82 Å². The molecule has 0 spiro atoms. The zero-order valence-electron chi connectivity index (χ0n) is 10.8. The number of halogens is 2. The third-order valence-electron chi connectivity index (χ3n) is 2.76. The maximum Gasteiger partial charge on any atom is 0.252 e. The maximum atomic E-state index is 13.5. The Bertz CT molecular complexity index is 668. The van der Waals surface area contributed by atoms with Gasteiger partial charge in [-0.2, -0.15) is 0 Å². The van der Waals surface area contributed by atoms with Crippen LogP contribution in [-0.2, 0) is 0 Å². The summed E-state index contributed by atoms with van der Waals surface area (Å²) < 4.78 is 13.5. The highest BCUT2D eigenvalue weighted by atomic mass is 35.5. The summed E-state index contributed by atoms with van der Waals surface area (Å²) in [6.45, 7) is -0.0719. The number of nitrogens with zero attached hydrogens (tertiary/aromatic N) is 2. The highest BCUT2D eigenvalue weighted by Gasteiger charge is 2.15. The maximum absolute atomic E-state index is 13.5. The topological polar surface area (TPSA) is 101 Å². The molecule has 0 saturated heterocycles. The molecule has 0 saturated carbocycles. The van der Waals surface area contributed by atoms with E-state index in [2.05, 4.69) is 15.5 Å². The van der Waals surface area contributed by atoms with Crippen molar-refractivity contribution in [2.45, 2.75) is 6.10 Å². The molecule has 0 aliphatic carbocycles. The fourth-order valence-corrected chi connectivity index (χ4v) is 1.88. The van der Waals surface area contributed by atoms with Crippen LogP contribution in [0.5, 0.6) is 0 Å². The van der Waals surface area contributed by atoms with Crippen molar-refractivity contribution >= 4 is 23.3 Å². The fraction of sp³-hybridized carbons (Fsp3) is 0.154. The normalized spacial score (nSPS) is 12.0. The predicted octanol–water partition coefficient (Wildman–Crippen LogP) is 1.51. The van der Waals surface area contributed by atoms with E-state index in [0.717, 1.165) is 0 Å². The van der Waals surface area contributed by atoms with Gasteiger partial charge in [0.25, 0.3) is 5.91 Å². The summed E-state index contributed by atoms with van der Waals surface area (Å²) in [5, 5.41) is 19.9. The van der Waals surface area contributed by atoms with Gasteiger partial charge in [0, 0.05) is 12.1 Å². The predicted molar refractivity (Wildman–Crippen MR) is 75.4 cm³/mol. The van der Waals surface area contributed by atoms with Crippen molar-refractivity contribution in [3.8, 4) is 0 Å². The fourth-order valence-electron chi connectivity index (χ4n) is 1.74. The second-order valence-corrected chi connectivity index (χ2v) is 4.60. The van der Waals surface area contributed by atoms with E-state index >= 15 is 0 Å². The lowest BCUT2D eigenvalue weighted by atomic mass is 10.1. The Hall–Kier alpha value is -2.25. The van der Waals surface area contributed by atoms with Crippen LogP contribution in [0.1, 0.15) is 22.0 Å². The summed E-state index contributed by atoms with van der Waals surface area (Å²) in [5.74, 6) is -1.19. The molecule has 0 radical (unpaired) electrons. The molecule has 110 valence electrons. The lowest BCUT2D eigenvalue weighted by molar-refractivity contribution is 0.100. The molecule has 0 fully saturated rings. The van der Waals surface area contributed by atoms with Crippen molar-refractivity contribution in [3.63, 3.8) is 0 Å². The van der Waals surface area contributed by atoms with Gasteiger partial charge in [0.1, 0.15) is 5.82 Å². The molecule has 1 heterocycles. The summed E-state index contributed by atoms with van der Waals surface area (Å²) >= 11 is 5.63. The van der Waals surface area contributed by atoms with Gasteiger partial charge >= 0.3 is 0 Å². The number of nitrogens with one attached hydrogen (secondary N) is 1. The molecule has 21 heavy (non-hydrogen) atoms. The molecule has 1 aromatic carbocycles. The summed E-state index contributed by atoms with van der Waals surface area (Å²) in [6, 6.07) is 7.10. The minimum atomic E-state index is -1.12. The zero-order chi connectivity index (χ0) is 15.4. The number of carbonyl (C=O) groups excluding carboxylic acids is 1. The molecule has 0 bridgehead atoms. The van der Waals surface area contributed by atoms with Crippen molar-refractivity contribution in [3.05, 3.63) is 52.4 Å². The van der Waals surface area contributed by atoms with Gasteiger partial charge in [0.2, 0.25) is 0 Å². The number of benzene rings is 1. The van der Waals surface area contributed by atoms with Crippen LogP contribution in [0.2, 0.25) is 5.15 Å². The zero-order valence-corrected chi connectivity index (χ0v) is 11.5. The molecule has 1 aromatic heterocycles. The lowest BCUT2D eigenvalue weighted by Gasteiger charge is -2.14. The summed E-state index contributed by atoms with van der Waals surface area (Å²) in [7, 11) is 0. The average molecular weight is 311 g/mol. The quantitative estimate of drug-likeness (QED) is 0.777. The number of carbonyl (C=O) groups is 1. The molecule has 1 atom stereocenters. The van der Waals surface area contributed by atoms with Gasteiger partial charge in [0.15, 0.2) is 11.0 Å². The first-order chi connectivity index (χ1) is 9.99. The lowest BCUT2D eigenvalue weighted by Crippen LogP contribution is -2.19. The molecule has 0 aliphatic heterocycles. The molecule has 0 aliphatic rings. The molecular weight excluding hydrogens is 299 g/mol. The van der Waals surface area contributed by atoms with Crippen LogP contribution in [-0.4, -0.2) is 27.8 Å². The van der Waals surface area contributed by atoms with Crippen LogP contribution in [0.25, 0.3) is 0 Å². The second kappa shape index (κ2) is 6.47. The number of amides is 1. The number of primary amides is 1. The first kappa shape index (κ1) is 15.1. The van der Waals surface area contributed by atoms with Crippen molar-refractivity contribution in [1.29, 1.82) is 0 Å². The highest BCUT2D eigenvalue weighted by Crippen LogP contribution is 2.19. The Kier molecular flexibility index (Phi) is 4.66. The SMILES string of the molecule is NC(=O)c1cc(Cl)nnc1NCC(O)c1ccccc1F. The van der Waals surface area contributed by atoms with Crippen molar-refractivity contribution in [2.24, 2.45) is 5.73 Å². The van der Waals surface area contributed by atoms with Crippen molar-refractivity contribution in [2.75, 3.05) is 11.9 Å². The third-order valence-corrected chi connectivity index (χ3v) is 2.94. The molecule has 6 nitrogen and oxygen atoms in total. The van der Waals surface area contributed by atoms with Gasteiger partial charge in [-0.3, -0.25) is 4.79 Å². The summed E-state index contributed by atoms with van der Waals surface area (Å²) in [6.07, 6.45) is -1.12. The smallest absolute Gasteiger partial charge is 0.252 e. The minimum Gasteiger partial charge on any atom is -0.386 e. The van der Waals surface area contributed by atoms with Crippen LogP contribution in [0.4, 0.5) is 10.2 Å². The van der Waals surface area contributed by atoms with E-state index in [1.807, 2.05) is 0 Å².